The molecule has 0 saturated heterocycles. The van der Waals surface area contributed by atoms with Crippen LogP contribution in [-0.2, 0) is 0 Å². The van der Waals surface area contributed by atoms with E-state index in [2.05, 4.69) is 15.9 Å². The molecule has 0 spiro atoms. The van der Waals surface area contributed by atoms with E-state index in [0.717, 1.165) is 6.07 Å². The van der Waals surface area contributed by atoms with Gasteiger partial charge in [0.1, 0.15) is 11.9 Å². The standard InChI is InChI=1S/C12H11BrF6O2/c1-2-21-6-3-4-7(8(13)5-6)9(20)10(11(14,15)16)12(17,18)19/h3-5,9-10,20H,2H2,1H3. The first-order valence-corrected chi connectivity index (χ1v) is 6.51. The van der Waals surface area contributed by atoms with Crippen molar-refractivity contribution >= 4 is 15.9 Å². The van der Waals surface area contributed by atoms with Crippen LogP contribution >= 0.6 is 15.9 Å². The Morgan fingerprint density at radius 2 is 1.67 bits per heavy atom. The van der Waals surface area contributed by atoms with E-state index in [1.165, 1.54) is 12.1 Å². The molecule has 1 atom stereocenters. The molecule has 1 aromatic carbocycles. The summed E-state index contributed by atoms with van der Waals surface area (Å²) in [6.45, 7) is 1.95. The van der Waals surface area contributed by atoms with Gasteiger partial charge in [0.05, 0.1) is 6.61 Å². The molecule has 0 saturated carbocycles. The first-order valence-electron chi connectivity index (χ1n) is 5.72. The maximum absolute atomic E-state index is 12.6. The quantitative estimate of drug-likeness (QED) is 0.772. The van der Waals surface area contributed by atoms with Crippen LogP contribution < -0.4 is 4.74 Å². The van der Waals surface area contributed by atoms with Crippen LogP contribution in [0.3, 0.4) is 0 Å². The Hall–Kier alpha value is -0.960. The number of rotatable bonds is 4. The SMILES string of the molecule is CCOc1ccc(C(O)C(C(F)(F)F)C(F)(F)F)c(Br)c1. The van der Waals surface area contributed by atoms with Gasteiger partial charge in [-0.05, 0) is 24.6 Å². The fourth-order valence-electron chi connectivity index (χ4n) is 1.73. The van der Waals surface area contributed by atoms with E-state index in [0.29, 0.717) is 0 Å². The molecular formula is C12H11BrF6O2. The number of hydrogen-bond donors (Lipinski definition) is 1. The first kappa shape index (κ1) is 18.1. The van der Waals surface area contributed by atoms with Crippen molar-refractivity contribution in [3.05, 3.63) is 28.2 Å². The van der Waals surface area contributed by atoms with Crippen LogP contribution in [0.15, 0.2) is 22.7 Å². The van der Waals surface area contributed by atoms with Gasteiger partial charge in [0, 0.05) is 4.47 Å². The van der Waals surface area contributed by atoms with Gasteiger partial charge in [0.15, 0.2) is 5.92 Å². The normalized spacial score (nSPS) is 14.4. The highest BCUT2D eigenvalue weighted by molar-refractivity contribution is 9.10. The minimum absolute atomic E-state index is 0.0977. The lowest BCUT2D eigenvalue weighted by atomic mass is 9.94. The summed E-state index contributed by atoms with van der Waals surface area (Å²) in [6, 6.07) is 3.35. The fraction of sp³-hybridized carbons (Fsp3) is 0.500. The maximum atomic E-state index is 12.6. The van der Waals surface area contributed by atoms with Crippen molar-refractivity contribution in [2.45, 2.75) is 25.4 Å². The topological polar surface area (TPSA) is 29.5 Å². The van der Waals surface area contributed by atoms with E-state index in [1.54, 1.807) is 6.92 Å². The van der Waals surface area contributed by atoms with E-state index >= 15 is 0 Å². The van der Waals surface area contributed by atoms with Crippen LogP contribution in [0.5, 0.6) is 5.75 Å². The second-order valence-electron chi connectivity index (χ2n) is 4.12. The van der Waals surface area contributed by atoms with Crippen molar-refractivity contribution in [1.29, 1.82) is 0 Å². The van der Waals surface area contributed by atoms with E-state index < -0.39 is 29.9 Å². The molecule has 1 rings (SSSR count). The highest BCUT2D eigenvalue weighted by Crippen LogP contribution is 2.47. The molecule has 0 aliphatic carbocycles. The molecule has 120 valence electrons. The van der Waals surface area contributed by atoms with Gasteiger partial charge in [-0.25, -0.2) is 0 Å². The number of aliphatic hydroxyl groups excluding tert-OH is 1. The van der Waals surface area contributed by atoms with E-state index in [-0.39, 0.29) is 16.8 Å². The summed E-state index contributed by atoms with van der Waals surface area (Å²) in [5.74, 6) is -3.60. The van der Waals surface area contributed by atoms with Gasteiger partial charge in [0.2, 0.25) is 0 Å². The molecule has 0 amide bonds. The van der Waals surface area contributed by atoms with Gasteiger partial charge in [-0.2, -0.15) is 26.3 Å². The third-order valence-corrected chi connectivity index (χ3v) is 3.31. The molecular weight excluding hydrogens is 370 g/mol. The Morgan fingerprint density at radius 3 is 2.05 bits per heavy atom. The molecule has 0 aliphatic rings. The Morgan fingerprint density at radius 1 is 1.14 bits per heavy atom. The van der Waals surface area contributed by atoms with E-state index in [1.807, 2.05) is 0 Å². The van der Waals surface area contributed by atoms with Crippen LogP contribution in [0.2, 0.25) is 0 Å². The lowest BCUT2D eigenvalue weighted by Gasteiger charge is -2.28. The third kappa shape index (κ3) is 4.50. The number of hydrogen-bond acceptors (Lipinski definition) is 2. The molecule has 9 heteroatoms. The highest BCUT2D eigenvalue weighted by atomic mass is 79.9. The zero-order valence-electron chi connectivity index (χ0n) is 10.6. The molecule has 0 radical (unpaired) electrons. The number of benzene rings is 1. The van der Waals surface area contributed by atoms with Crippen LogP contribution in [0.25, 0.3) is 0 Å². The second-order valence-corrected chi connectivity index (χ2v) is 4.98. The average Bonchev–Trinajstić information content (AvgIpc) is 2.25. The summed E-state index contributed by atoms with van der Waals surface area (Å²) < 4.78 is 80.3. The molecule has 21 heavy (non-hydrogen) atoms. The number of alkyl halides is 6. The summed E-state index contributed by atoms with van der Waals surface area (Å²) >= 11 is 2.84. The van der Waals surface area contributed by atoms with Gasteiger partial charge in [0.25, 0.3) is 0 Å². The zero-order valence-corrected chi connectivity index (χ0v) is 12.2. The van der Waals surface area contributed by atoms with Crippen molar-refractivity contribution in [3.63, 3.8) is 0 Å². The fourth-order valence-corrected chi connectivity index (χ4v) is 2.32. The van der Waals surface area contributed by atoms with Gasteiger partial charge < -0.3 is 9.84 Å². The Balaban J connectivity index is 3.19. The van der Waals surface area contributed by atoms with Crippen molar-refractivity contribution in [1.82, 2.24) is 0 Å². The van der Waals surface area contributed by atoms with Crippen LogP contribution in [0.4, 0.5) is 26.3 Å². The summed E-state index contributed by atoms with van der Waals surface area (Å²) in [4.78, 5) is 0. The molecule has 1 aromatic rings. The monoisotopic (exact) mass is 380 g/mol. The van der Waals surface area contributed by atoms with Gasteiger partial charge in [-0.15, -0.1) is 0 Å². The molecule has 1 N–H and O–H groups in total. The van der Waals surface area contributed by atoms with Gasteiger partial charge in [-0.1, -0.05) is 22.0 Å². The van der Waals surface area contributed by atoms with Crippen molar-refractivity contribution in [2.75, 3.05) is 6.61 Å². The number of aliphatic hydroxyl groups is 1. The minimum Gasteiger partial charge on any atom is -0.494 e. The molecule has 0 bridgehead atoms. The molecule has 0 aliphatic heterocycles. The van der Waals surface area contributed by atoms with E-state index in [4.69, 9.17) is 4.74 Å². The predicted octanol–water partition coefficient (Wildman–Crippen LogP) is 4.62. The minimum atomic E-state index is -5.62. The van der Waals surface area contributed by atoms with Crippen LogP contribution in [-0.4, -0.2) is 24.1 Å². The average molecular weight is 381 g/mol. The Bertz CT molecular complexity index is 472. The smallest absolute Gasteiger partial charge is 0.403 e. The summed E-state index contributed by atoms with van der Waals surface area (Å²) in [5, 5.41) is 9.54. The molecule has 0 heterocycles. The summed E-state index contributed by atoms with van der Waals surface area (Å²) in [6.07, 6.45) is -14.0. The first-order chi connectivity index (χ1) is 9.48. The number of ether oxygens (including phenoxy) is 1. The lowest BCUT2D eigenvalue weighted by Crippen LogP contribution is -2.41. The van der Waals surface area contributed by atoms with Gasteiger partial charge in [-0.3, -0.25) is 0 Å². The molecule has 2 nitrogen and oxygen atoms in total. The van der Waals surface area contributed by atoms with Crippen LogP contribution in [0, 0.1) is 5.92 Å². The molecule has 0 aromatic heterocycles. The molecule has 0 fully saturated rings. The maximum Gasteiger partial charge on any atom is 0.403 e. The number of halogens is 7. The molecule has 1 unspecified atom stereocenters. The van der Waals surface area contributed by atoms with Crippen molar-refractivity contribution in [2.24, 2.45) is 5.92 Å². The second kappa shape index (κ2) is 6.43. The predicted molar refractivity (Wildman–Crippen MR) is 65.9 cm³/mol. The zero-order chi connectivity index (χ0) is 16.4. The summed E-state index contributed by atoms with van der Waals surface area (Å²) in [7, 11) is 0. The van der Waals surface area contributed by atoms with Crippen molar-refractivity contribution < 1.29 is 36.2 Å². The lowest BCUT2D eigenvalue weighted by molar-refractivity contribution is -0.307. The summed E-state index contributed by atoms with van der Waals surface area (Å²) in [5.41, 5.74) is -0.516. The highest BCUT2D eigenvalue weighted by Gasteiger charge is 2.60. The van der Waals surface area contributed by atoms with Gasteiger partial charge >= 0.3 is 12.4 Å². The van der Waals surface area contributed by atoms with Crippen molar-refractivity contribution in [3.8, 4) is 5.75 Å². The third-order valence-electron chi connectivity index (χ3n) is 2.62. The largest absolute Gasteiger partial charge is 0.494 e. The van der Waals surface area contributed by atoms with Crippen LogP contribution in [0.1, 0.15) is 18.6 Å². The van der Waals surface area contributed by atoms with E-state index in [9.17, 15) is 31.4 Å². The Labute approximate surface area is 124 Å². The Kier molecular flexibility index (Phi) is 5.54.